The molecule has 0 unspecified atom stereocenters. The number of aryl methyl sites for hydroxylation is 1. The maximum atomic E-state index is 9.08. The van der Waals surface area contributed by atoms with Crippen molar-refractivity contribution in [1.82, 2.24) is 14.9 Å². The van der Waals surface area contributed by atoms with Gasteiger partial charge in [-0.15, -0.1) is 5.10 Å². The Morgan fingerprint density at radius 3 is 3.09 bits per heavy atom. The lowest BCUT2D eigenvalue weighted by Gasteiger charge is -1.92. The summed E-state index contributed by atoms with van der Waals surface area (Å²) in [5.41, 5.74) is 1.57. The summed E-state index contributed by atoms with van der Waals surface area (Å²) < 4.78 is 0. The van der Waals surface area contributed by atoms with Crippen molar-refractivity contribution in [2.24, 2.45) is 0 Å². The lowest BCUT2D eigenvalue weighted by Crippen LogP contribution is -1.92. The van der Waals surface area contributed by atoms with Crippen LogP contribution in [-0.4, -0.2) is 20.1 Å². The topological polar surface area (TPSA) is 50.9 Å². The van der Waals surface area contributed by atoms with Gasteiger partial charge >= 0.3 is 0 Å². The predicted octanol–water partition coefficient (Wildman–Crippen LogP) is 0.977. The minimum atomic E-state index is 0.505. The van der Waals surface area contributed by atoms with Gasteiger partial charge < -0.3 is 5.21 Å². The van der Waals surface area contributed by atoms with E-state index in [1.54, 1.807) is 12.4 Å². The van der Waals surface area contributed by atoms with Gasteiger partial charge in [0.2, 0.25) is 0 Å². The SMILES string of the molecule is Cc1ccnc2c1cnn2O. The molecule has 2 aromatic heterocycles. The Morgan fingerprint density at radius 1 is 1.55 bits per heavy atom. The number of pyridine rings is 1. The Balaban J connectivity index is 2.94. The summed E-state index contributed by atoms with van der Waals surface area (Å²) in [7, 11) is 0. The quantitative estimate of drug-likeness (QED) is 0.568. The van der Waals surface area contributed by atoms with Crippen molar-refractivity contribution in [2.75, 3.05) is 0 Å². The van der Waals surface area contributed by atoms with Crippen LogP contribution >= 0.6 is 0 Å². The molecule has 2 aromatic rings. The monoisotopic (exact) mass is 149 g/mol. The fourth-order valence-corrected chi connectivity index (χ4v) is 1.04. The van der Waals surface area contributed by atoms with Crippen molar-refractivity contribution >= 4 is 11.0 Å². The molecule has 0 saturated heterocycles. The van der Waals surface area contributed by atoms with E-state index in [1.807, 2.05) is 13.0 Å². The third-order valence-electron chi connectivity index (χ3n) is 1.67. The molecule has 0 aliphatic rings. The molecule has 0 radical (unpaired) electrons. The fraction of sp³-hybridized carbons (Fsp3) is 0.143. The molecule has 0 aliphatic carbocycles. The maximum absolute atomic E-state index is 9.08. The molecule has 11 heavy (non-hydrogen) atoms. The molecule has 1 N–H and O–H groups in total. The zero-order valence-corrected chi connectivity index (χ0v) is 6.02. The van der Waals surface area contributed by atoms with Crippen LogP contribution in [0.2, 0.25) is 0 Å². The van der Waals surface area contributed by atoms with Gasteiger partial charge in [0, 0.05) is 11.6 Å². The van der Waals surface area contributed by atoms with Gasteiger partial charge in [-0.2, -0.15) is 0 Å². The fourth-order valence-electron chi connectivity index (χ4n) is 1.04. The number of hydrogen-bond donors (Lipinski definition) is 1. The molecule has 0 saturated carbocycles. The van der Waals surface area contributed by atoms with E-state index in [9.17, 15) is 0 Å². The lowest BCUT2D eigenvalue weighted by atomic mass is 10.2. The van der Waals surface area contributed by atoms with E-state index in [-0.39, 0.29) is 0 Å². The third kappa shape index (κ3) is 0.756. The lowest BCUT2D eigenvalue weighted by molar-refractivity contribution is 0.159. The molecule has 0 fully saturated rings. The maximum Gasteiger partial charge on any atom is 0.198 e. The van der Waals surface area contributed by atoms with E-state index in [2.05, 4.69) is 10.1 Å². The summed E-state index contributed by atoms with van der Waals surface area (Å²) in [4.78, 5) is 4.73. The predicted molar refractivity (Wildman–Crippen MR) is 39.4 cm³/mol. The van der Waals surface area contributed by atoms with Gasteiger partial charge in [-0.3, -0.25) is 0 Å². The van der Waals surface area contributed by atoms with Crippen LogP contribution in [0.5, 0.6) is 0 Å². The molecule has 2 heterocycles. The van der Waals surface area contributed by atoms with E-state index < -0.39 is 0 Å². The summed E-state index contributed by atoms with van der Waals surface area (Å²) in [5, 5.41) is 13.6. The molecular weight excluding hydrogens is 142 g/mol. The molecule has 0 atom stereocenters. The highest BCUT2D eigenvalue weighted by Crippen LogP contribution is 2.12. The van der Waals surface area contributed by atoms with Gasteiger partial charge in [0.05, 0.1) is 6.20 Å². The Labute approximate surface area is 63.1 Å². The van der Waals surface area contributed by atoms with Crippen LogP contribution in [0.25, 0.3) is 11.0 Å². The first-order valence-corrected chi connectivity index (χ1v) is 3.27. The number of aromatic nitrogens is 3. The first kappa shape index (κ1) is 6.15. The standard InChI is InChI=1S/C7H7N3O/c1-5-2-3-8-7-6(5)4-9-10(7)11/h2-4,11H,1H3. The summed E-state index contributed by atoms with van der Waals surface area (Å²) in [6.45, 7) is 1.95. The Morgan fingerprint density at radius 2 is 2.36 bits per heavy atom. The molecule has 56 valence electrons. The van der Waals surface area contributed by atoms with E-state index in [4.69, 9.17) is 5.21 Å². The van der Waals surface area contributed by atoms with Crippen molar-refractivity contribution in [3.05, 3.63) is 24.0 Å². The van der Waals surface area contributed by atoms with E-state index >= 15 is 0 Å². The van der Waals surface area contributed by atoms with Crippen molar-refractivity contribution in [3.63, 3.8) is 0 Å². The normalized spacial score (nSPS) is 10.6. The molecule has 0 aromatic carbocycles. The molecule has 0 aliphatic heterocycles. The van der Waals surface area contributed by atoms with Gasteiger partial charge in [0.25, 0.3) is 0 Å². The summed E-state index contributed by atoms with van der Waals surface area (Å²) in [5.74, 6) is 0. The van der Waals surface area contributed by atoms with Gasteiger partial charge in [-0.05, 0) is 18.6 Å². The Bertz CT molecular complexity index is 393. The average molecular weight is 149 g/mol. The number of rotatable bonds is 0. The number of hydrogen-bond acceptors (Lipinski definition) is 3. The summed E-state index contributed by atoms with van der Waals surface area (Å²) in [6, 6.07) is 1.88. The molecule has 0 spiro atoms. The first-order chi connectivity index (χ1) is 5.29. The third-order valence-corrected chi connectivity index (χ3v) is 1.67. The molecule has 0 bridgehead atoms. The van der Waals surface area contributed by atoms with E-state index in [0.29, 0.717) is 5.65 Å². The van der Waals surface area contributed by atoms with Crippen LogP contribution in [0.4, 0.5) is 0 Å². The zero-order chi connectivity index (χ0) is 7.84. The van der Waals surface area contributed by atoms with Crippen LogP contribution in [0.1, 0.15) is 5.56 Å². The van der Waals surface area contributed by atoms with E-state index in [1.165, 1.54) is 0 Å². The highest BCUT2D eigenvalue weighted by molar-refractivity contribution is 5.77. The average Bonchev–Trinajstić information content (AvgIpc) is 2.35. The first-order valence-electron chi connectivity index (χ1n) is 3.27. The van der Waals surface area contributed by atoms with Gasteiger partial charge in [0.1, 0.15) is 0 Å². The second-order valence-corrected chi connectivity index (χ2v) is 2.40. The molecular formula is C7H7N3O. The summed E-state index contributed by atoms with van der Waals surface area (Å²) >= 11 is 0. The van der Waals surface area contributed by atoms with Gasteiger partial charge in [-0.1, -0.05) is 4.85 Å². The number of fused-ring (bicyclic) bond motifs is 1. The Hall–Kier alpha value is -1.58. The van der Waals surface area contributed by atoms with Crippen LogP contribution in [0.15, 0.2) is 18.5 Å². The van der Waals surface area contributed by atoms with Crippen LogP contribution in [0.3, 0.4) is 0 Å². The van der Waals surface area contributed by atoms with Crippen LogP contribution in [0, 0.1) is 6.92 Å². The van der Waals surface area contributed by atoms with Crippen molar-refractivity contribution < 1.29 is 5.21 Å². The zero-order valence-electron chi connectivity index (χ0n) is 6.02. The molecule has 4 heteroatoms. The highest BCUT2D eigenvalue weighted by atomic mass is 16.5. The van der Waals surface area contributed by atoms with Gasteiger partial charge in [0.15, 0.2) is 5.65 Å². The minimum Gasteiger partial charge on any atom is -0.410 e. The van der Waals surface area contributed by atoms with Crippen LogP contribution in [-0.2, 0) is 0 Å². The van der Waals surface area contributed by atoms with Crippen molar-refractivity contribution in [3.8, 4) is 0 Å². The minimum absolute atomic E-state index is 0.505. The second kappa shape index (κ2) is 1.95. The van der Waals surface area contributed by atoms with Crippen molar-refractivity contribution in [2.45, 2.75) is 6.92 Å². The molecule has 2 rings (SSSR count). The molecule has 4 nitrogen and oxygen atoms in total. The number of nitrogens with zero attached hydrogens (tertiary/aromatic N) is 3. The second-order valence-electron chi connectivity index (χ2n) is 2.40. The van der Waals surface area contributed by atoms with Gasteiger partial charge in [-0.25, -0.2) is 4.98 Å². The van der Waals surface area contributed by atoms with Crippen LogP contribution < -0.4 is 0 Å². The highest BCUT2D eigenvalue weighted by Gasteiger charge is 2.02. The largest absolute Gasteiger partial charge is 0.410 e. The molecule has 0 amide bonds. The van der Waals surface area contributed by atoms with Crippen molar-refractivity contribution in [1.29, 1.82) is 0 Å². The smallest absolute Gasteiger partial charge is 0.198 e. The Kier molecular flexibility index (Phi) is 1.09. The summed E-state index contributed by atoms with van der Waals surface area (Å²) in [6.07, 6.45) is 3.24. The van der Waals surface area contributed by atoms with E-state index in [0.717, 1.165) is 15.8 Å².